The van der Waals surface area contributed by atoms with Crippen molar-refractivity contribution in [2.75, 3.05) is 25.2 Å². The topological polar surface area (TPSA) is 49.8 Å². The molecule has 1 N–H and O–H groups in total. The molecule has 0 heterocycles. The third-order valence-electron chi connectivity index (χ3n) is 3.17. The Morgan fingerprint density at radius 2 is 2.21 bits per heavy atom. The van der Waals surface area contributed by atoms with E-state index in [-0.39, 0.29) is 6.04 Å². The first-order valence-electron chi connectivity index (χ1n) is 6.30. The van der Waals surface area contributed by atoms with Gasteiger partial charge < -0.3 is 14.7 Å². The first-order chi connectivity index (χ1) is 9.02. The summed E-state index contributed by atoms with van der Waals surface area (Å²) in [7, 11) is 1.65. The molecule has 1 rings (SSSR count). The zero-order valence-electron chi connectivity index (χ0n) is 11.5. The van der Waals surface area contributed by atoms with Gasteiger partial charge in [0.25, 0.3) is 0 Å². The number of nitrogens with zero attached hydrogens (tertiary/aromatic N) is 1. The monoisotopic (exact) mass is 329 g/mol. The molecule has 106 valence electrons. The van der Waals surface area contributed by atoms with Gasteiger partial charge >= 0.3 is 5.97 Å². The lowest BCUT2D eigenvalue weighted by molar-refractivity contribution is 0.0696. The summed E-state index contributed by atoms with van der Waals surface area (Å²) in [6.45, 7) is 5.41. The maximum absolute atomic E-state index is 11.4. The Kier molecular flexibility index (Phi) is 6.31. The Labute approximate surface area is 122 Å². The molecule has 19 heavy (non-hydrogen) atoms. The van der Waals surface area contributed by atoms with Crippen LogP contribution < -0.4 is 4.90 Å². The number of carboxylic acid groups (broad SMARTS) is 1. The smallest absolute Gasteiger partial charge is 0.338 e. The van der Waals surface area contributed by atoms with Crippen molar-refractivity contribution in [1.82, 2.24) is 0 Å². The molecule has 0 aromatic heterocycles. The molecule has 1 atom stereocenters. The largest absolute Gasteiger partial charge is 0.478 e. The van der Waals surface area contributed by atoms with Crippen LogP contribution in [0, 0.1) is 0 Å². The molecule has 0 saturated heterocycles. The van der Waals surface area contributed by atoms with Gasteiger partial charge in [0.05, 0.1) is 17.9 Å². The van der Waals surface area contributed by atoms with Crippen molar-refractivity contribution in [2.45, 2.75) is 26.3 Å². The lowest BCUT2D eigenvalue weighted by atomic mass is 10.1. The molecule has 0 spiro atoms. The summed E-state index contributed by atoms with van der Waals surface area (Å²) in [5.41, 5.74) is 1.03. The highest BCUT2D eigenvalue weighted by Gasteiger charge is 2.21. The van der Waals surface area contributed by atoms with E-state index < -0.39 is 5.97 Å². The van der Waals surface area contributed by atoms with Crippen LogP contribution in [0.2, 0.25) is 0 Å². The van der Waals surface area contributed by atoms with Crippen molar-refractivity contribution in [3.63, 3.8) is 0 Å². The van der Waals surface area contributed by atoms with Crippen molar-refractivity contribution >= 4 is 27.6 Å². The van der Waals surface area contributed by atoms with Crippen molar-refractivity contribution in [2.24, 2.45) is 0 Å². The van der Waals surface area contributed by atoms with E-state index in [0.29, 0.717) is 23.2 Å². The zero-order valence-corrected chi connectivity index (χ0v) is 13.1. The minimum atomic E-state index is -0.923. The second kappa shape index (κ2) is 7.50. The molecule has 1 unspecified atom stereocenters. The number of carbonyl (C=O) groups is 1. The van der Waals surface area contributed by atoms with Crippen molar-refractivity contribution in [3.8, 4) is 0 Å². The van der Waals surface area contributed by atoms with Crippen molar-refractivity contribution < 1.29 is 14.6 Å². The molecule has 0 radical (unpaired) electrons. The molecule has 0 bridgehead atoms. The van der Waals surface area contributed by atoms with Gasteiger partial charge in [-0.3, -0.25) is 0 Å². The Morgan fingerprint density at radius 1 is 1.53 bits per heavy atom. The maximum Gasteiger partial charge on any atom is 0.338 e. The number of methoxy groups -OCH3 is 1. The van der Waals surface area contributed by atoms with E-state index in [2.05, 4.69) is 34.7 Å². The van der Waals surface area contributed by atoms with Crippen LogP contribution in [-0.2, 0) is 4.74 Å². The van der Waals surface area contributed by atoms with E-state index in [1.807, 2.05) is 12.1 Å². The SMILES string of the molecule is CCC(C)N(CCOC)c1cccc(Br)c1C(=O)O. The van der Waals surface area contributed by atoms with Gasteiger partial charge in [-0.1, -0.05) is 13.0 Å². The van der Waals surface area contributed by atoms with E-state index in [9.17, 15) is 9.90 Å². The lowest BCUT2D eigenvalue weighted by Gasteiger charge is -2.32. The Morgan fingerprint density at radius 3 is 2.74 bits per heavy atom. The predicted octanol–water partition coefficient (Wildman–Crippen LogP) is 3.40. The second-order valence-electron chi connectivity index (χ2n) is 4.38. The van der Waals surface area contributed by atoms with Crippen molar-refractivity contribution in [3.05, 3.63) is 28.2 Å². The van der Waals surface area contributed by atoms with Gasteiger partial charge in [-0.05, 0) is 41.4 Å². The molecule has 0 aliphatic rings. The van der Waals surface area contributed by atoms with Gasteiger partial charge in [-0.15, -0.1) is 0 Å². The summed E-state index contributed by atoms with van der Waals surface area (Å²) in [5, 5.41) is 9.39. The fraction of sp³-hybridized carbons (Fsp3) is 0.500. The first kappa shape index (κ1) is 16.0. The third-order valence-corrected chi connectivity index (χ3v) is 3.83. The van der Waals surface area contributed by atoms with Crippen LogP contribution in [0.4, 0.5) is 5.69 Å². The third kappa shape index (κ3) is 3.94. The van der Waals surface area contributed by atoms with Crippen LogP contribution in [-0.4, -0.2) is 37.4 Å². The fourth-order valence-corrected chi connectivity index (χ4v) is 2.48. The van der Waals surface area contributed by atoms with Gasteiger partial charge in [0.15, 0.2) is 0 Å². The van der Waals surface area contributed by atoms with E-state index in [0.717, 1.165) is 12.1 Å². The second-order valence-corrected chi connectivity index (χ2v) is 5.24. The van der Waals surface area contributed by atoms with Gasteiger partial charge in [0.1, 0.15) is 0 Å². The predicted molar refractivity (Wildman–Crippen MR) is 80.1 cm³/mol. The van der Waals surface area contributed by atoms with E-state index >= 15 is 0 Å². The molecule has 4 nitrogen and oxygen atoms in total. The molecule has 0 aliphatic carbocycles. The quantitative estimate of drug-likeness (QED) is 0.832. The summed E-state index contributed by atoms with van der Waals surface area (Å²) in [4.78, 5) is 13.5. The number of ether oxygens (including phenoxy) is 1. The molecular formula is C14H20BrNO3. The molecular weight excluding hydrogens is 310 g/mol. The van der Waals surface area contributed by atoms with E-state index in [4.69, 9.17) is 4.74 Å². The van der Waals surface area contributed by atoms with Crippen LogP contribution in [0.1, 0.15) is 30.6 Å². The summed E-state index contributed by atoms with van der Waals surface area (Å²) in [6, 6.07) is 5.70. The van der Waals surface area contributed by atoms with Gasteiger partial charge in [-0.2, -0.15) is 0 Å². The molecule has 1 aromatic rings. The first-order valence-corrected chi connectivity index (χ1v) is 7.09. The molecule has 0 saturated carbocycles. The Balaban J connectivity index is 3.21. The van der Waals surface area contributed by atoms with Gasteiger partial charge in [0.2, 0.25) is 0 Å². The number of hydrogen-bond donors (Lipinski definition) is 1. The molecule has 0 amide bonds. The van der Waals surface area contributed by atoms with Gasteiger partial charge in [0, 0.05) is 24.2 Å². The van der Waals surface area contributed by atoms with Crippen LogP contribution >= 0.6 is 15.9 Å². The van der Waals surface area contributed by atoms with E-state index in [1.165, 1.54) is 0 Å². The minimum absolute atomic E-state index is 0.252. The van der Waals surface area contributed by atoms with Crippen LogP contribution in [0.25, 0.3) is 0 Å². The number of halogens is 1. The average Bonchev–Trinajstić information content (AvgIpc) is 2.38. The van der Waals surface area contributed by atoms with E-state index in [1.54, 1.807) is 13.2 Å². The number of carboxylic acids is 1. The number of aromatic carboxylic acids is 1. The normalized spacial score (nSPS) is 12.2. The average molecular weight is 330 g/mol. The number of benzene rings is 1. The van der Waals surface area contributed by atoms with Crippen LogP contribution in [0.3, 0.4) is 0 Å². The standard InChI is InChI=1S/C14H20BrNO3/c1-4-10(2)16(8-9-19-3)12-7-5-6-11(15)13(12)14(17)18/h5-7,10H,4,8-9H2,1-3H3,(H,17,18). The van der Waals surface area contributed by atoms with Crippen LogP contribution in [0.5, 0.6) is 0 Å². The molecule has 0 fully saturated rings. The van der Waals surface area contributed by atoms with Crippen molar-refractivity contribution in [1.29, 1.82) is 0 Å². The number of rotatable bonds is 7. The summed E-state index contributed by atoms with van der Waals surface area (Å²) in [6.07, 6.45) is 0.940. The minimum Gasteiger partial charge on any atom is -0.478 e. The van der Waals surface area contributed by atoms with Gasteiger partial charge in [-0.25, -0.2) is 4.79 Å². The molecule has 5 heteroatoms. The highest BCUT2D eigenvalue weighted by atomic mass is 79.9. The summed E-state index contributed by atoms with van der Waals surface area (Å²) < 4.78 is 5.72. The Bertz CT molecular complexity index is 437. The fourth-order valence-electron chi connectivity index (χ4n) is 1.95. The molecule has 1 aromatic carbocycles. The Hall–Kier alpha value is -1.07. The van der Waals surface area contributed by atoms with Crippen LogP contribution in [0.15, 0.2) is 22.7 Å². The zero-order chi connectivity index (χ0) is 14.4. The number of anilines is 1. The maximum atomic E-state index is 11.4. The lowest BCUT2D eigenvalue weighted by Crippen LogP contribution is -2.36. The summed E-state index contributed by atoms with van der Waals surface area (Å²) >= 11 is 3.32. The highest BCUT2D eigenvalue weighted by molar-refractivity contribution is 9.10. The summed E-state index contributed by atoms with van der Waals surface area (Å²) in [5.74, 6) is -0.923. The molecule has 0 aliphatic heterocycles. The highest BCUT2D eigenvalue weighted by Crippen LogP contribution is 2.29. The number of hydrogen-bond acceptors (Lipinski definition) is 3.